The number of hydrogen-bond donors (Lipinski definition) is 0. The lowest BCUT2D eigenvalue weighted by atomic mass is 9.83. The van der Waals surface area contributed by atoms with E-state index in [0.29, 0.717) is 5.92 Å². The highest BCUT2D eigenvalue weighted by Crippen LogP contribution is 2.32. The van der Waals surface area contributed by atoms with E-state index in [4.69, 9.17) is 14.4 Å². The highest BCUT2D eigenvalue weighted by molar-refractivity contribution is 5.80. The zero-order valence-corrected chi connectivity index (χ0v) is 20.7. The van der Waals surface area contributed by atoms with Crippen LogP contribution in [-0.2, 0) is 6.42 Å². The van der Waals surface area contributed by atoms with Crippen molar-refractivity contribution in [3.8, 4) is 11.1 Å². The Bertz CT molecular complexity index is 1500. The highest BCUT2D eigenvalue weighted by atomic mass is 16.3. The lowest BCUT2D eigenvalue weighted by molar-refractivity contribution is 0.549. The van der Waals surface area contributed by atoms with E-state index < -0.39 is 0 Å². The van der Waals surface area contributed by atoms with Crippen molar-refractivity contribution < 1.29 is 4.42 Å². The molecule has 1 aromatic carbocycles. The molecule has 4 aromatic rings. The van der Waals surface area contributed by atoms with E-state index in [9.17, 15) is 0 Å². The second-order valence-electron chi connectivity index (χ2n) is 9.50. The third kappa shape index (κ3) is 3.90. The summed E-state index contributed by atoms with van der Waals surface area (Å²) in [5.41, 5.74) is 9.82. The molecule has 172 valence electrons. The summed E-state index contributed by atoms with van der Waals surface area (Å²) in [6.07, 6.45) is 8.33. The molecule has 1 aliphatic carbocycles. The van der Waals surface area contributed by atoms with Gasteiger partial charge in [-0.2, -0.15) is 0 Å². The van der Waals surface area contributed by atoms with Crippen molar-refractivity contribution in [3.63, 3.8) is 0 Å². The molecule has 0 spiro atoms. The summed E-state index contributed by atoms with van der Waals surface area (Å²) in [6, 6.07) is 17.3. The molecule has 34 heavy (non-hydrogen) atoms. The number of rotatable bonds is 5. The van der Waals surface area contributed by atoms with Gasteiger partial charge in [0.05, 0.1) is 5.69 Å². The Morgan fingerprint density at radius 2 is 1.97 bits per heavy atom. The minimum absolute atomic E-state index is 0.242. The van der Waals surface area contributed by atoms with Crippen LogP contribution in [0.3, 0.4) is 0 Å². The van der Waals surface area contributed by atoms with Gasteiger partial charge in [-0.15, -0.1) is 0 Å². The van der Waals surface area contributed by atoms with Gasteiger partial charge in [0.2, 0.25) is 5.71 Å². The van der Waals surface area contributed by atoms with Crippen molar-refractivity contribution in [2.24, 2.45) is 5.92 Å². The largest absolute Gasteiger partial charge is 0.437 e. The quantitative estimate of drug-likeness (QED) is 0.325. The maximum absolute atomic E-state index is 6.44. The van der Waals surface area contributed by atoms with Crippen LogP contribution in [-0.4, -0.2) is 9.97 Å². The molecule has 0 aliphatic heterocycles. The topological polar surface area (TPSA) is 38.9 Å². The van der Waals surface area contributed by atoms with Gasteiger partial charge in [-0.3, -0.25) is 4.98 Å². The van der Waals surface area contributed by atoms with Gasteiger partial charge in [-0.1, -0.05) is 68.8 Å². The van der Waals surface area contributed by atoms with E-state index in [0.717, 1.165) is 57.1 Å². The van der Waals surface area contributed by atoms with E-state index in [1.807, 2.05) is 6.20 Å². The standard InChI is InChI=1S/C31H32N2O/c1-6-20(5)25-14-15-26-27-13-12-24(7-2)33-31(27)34-30(26)29(25)28-16-11-23(18-32-28)22-10-8-9-21(17-22)19(3)4/h6,8-13,15-19,25H,7,14H2,1-5H3. The number of fused-ring (bicyclic) bond motifs is 3. The van der Waals surface area contributed by atoms with Gasteiger partial charge in [0.25, 0.3) is 0 Å². The Kier molecular flexibility index (Phi) is 5.95. The van der Waals surface area contributed by atoms with Crippen LogP contribution >= 0.6 is 0 Å². The van der Waals surface area contributed by atoms with Crippen LogP contribution in [0, 0.1) is 5.92 Å². The molecule has 0 radical (unpaired) electrons. The van der Waals surface area contributed by atoms with Crippen LogP contribution in [0.1, 0.15) is 63.9 Å². The fraction of sp³-hybridized carbons (Fsp3) is 0.290. The second-order valence-corrected chi connectivity index (χ2v) is 9.50. The molecule has 3 heteroatoms. The van der Waals surface area contributed by atoms with Gasteiger partial charge in [0, 0.05) is 39.6 Å². The predicted octanol–water partition coefficient (Wildman–Crippen LogP) is 6.54. The first-order valence-corrected chi connectivity index (χ1v) is 12.3. The van der Waals surface area contributed by atoms with Crippen molar-refractivity contribution in [1.29, 1.82) is 0 Å². The van der Waals surface area contributed by atoms with E-state index in [1.54, 1.807) is 0 Å². The summed E-state index contributed by atoms with van der Waals surface area (Å²) in [5, 5.41) is 2.24. The van der Waals surface area contributed by atoms with Gasteiger partial charge in [-0.05, 0) is 61.9 Å². The molecule has 3 aromatic heterocycles. The number of hydrogen-bond acceptors (Lipinski definition) is 3. The molecule has 5 rings (SSSR count). The minimum Gasteiger partial charge on any atom is -0.437 e. The number of aromatic nitrogens is 2. The molecule has 0 N–H and O–H groups in total. The molecule has 3 heterocycles. The Hall–Kier alpha value is -3.46. The van der Waals surface area contributed by atoms with Crippen LogP contribution < -0.4 is 10.6 Å². The number of benzene rings is 1. The van der Waals surface area contributed by atoms with Crippen molar-refractivity contribution in [2.45, 2.75) is 53.4 Å². The third-order valence-corrected chi connectivity index (χ3v) is 7.10. The zero-order chi connectivity index (χ0) is 23.8. The first kappa shape index (κ1) is 22.3. The molecule has 0 saturated carbocycles. The molecule has 0 saturated heterocycles. The van der Waals surface area contributed by atoms with Gasteiger partial charge in [0.1, 0.15) is 5.42 Å². The fourth-order valence-electron chi connectivity index (χ4n) is 4.86. The van der Waals surface area contributed by atoms with E-state index in [2.05, 4.69) is 95.3 Å². The van der Waals surface area contributed by atoms with Gasteiger partial charge < -0.3 is 4.42 Å². The Morgan fingerprint density at radius 3 is 2.68 bits per heavy atom. The number of nitrogens with zero attached hydrogens (tertiary/aromatic N) is 2. The van der Waals surface area contributed by atoms with Gasteiger partial charge >= 0.3 is 0 Å². The van der Waals surface area contributed by atoms with Crippen molar-refractivity contribution in [3.05, 3.63) is 94.0 Å². The summed E-state index contributed by atoms with van der Waals surface area (Å²) >= 11 is 0. The molecule has 1 unspecified atom stereocenters. The first-order chi connectivity index (χ1) is 16.5. The van der Waals surface area contributed by atoms with Gasteiger partial charge in [-0.25, -0.2) is 4.98 Å². The van der Waals surface area contributed by atoms with Crippen molar-refractivity contribution >= 4 is 22.7 Å². The summed E-state index contributed by atoms with van der Waals surface area (Å²) in [7, 11) is 0. The minimum atomic E-state index is 0.242. The van der Waals surface area contributed by atoms with Crippen LogP contribution in [0.2, 0.25) is 0 Å². The smallest absolute Gasteiger partial charge is 0.227 e. The van der Waals surface area contributed by atoms with Gasteiger partial charge in [0.15, 0.2) is 0 Å². The summed E-state index contributed by atoms with van der Waals surface area (Å²) in [4.78, 5) is 9.72. The highest BCUT2D eigenvalue weighted by Gasteiger charge is 2.25. The monoisotopic (exact) mass is 448 g/mol. The van der Waals surface area contributed by atoms with Crippen LogP contribution in [0.5, 0.6) is 0 Å². The van der Waals surface area contributed by atoms with E-state index >= 15 is 0 Å². The Balaban J connectivity index is 1.68. The van der Waals surface area contributed by atoms with Crippen molar-refractivity contribution in [2.75, 3.05) is 0 Å². The Labute approximate surface area is 201 Å². The van der Waals surface area contributed by atoms with E-state index in [1.165, 1.54) is 16.7 Å². The summed E-state index contributed by atoms with van der Waals surface area (Å²) in [5.74, 6) is 0.741. The number of furan rings is 1. The lowest BCUT2D eigenvalue weighted by Crippen LogP contribution is -2.31. The van der Waals surface area contributed by atoms with Crippen molar-refractivity contribution in [1.82, 2.24) is 9.97 Å². The SMILES string of the molecule is CC=C(C)C1CC=c2c(oc3nc(CC)ccc23)=C1c1ccc(-c2cccc(C(C)C)c2)cn1. The molecule has 0 amide bonds. The molecular formula is C31H32N2O. The van der Waals surface area contributed by atoms with Crippen LogP contribution in [0.15, 0.2) is 70.8 Å². The molecule has 3 nitrogen and oxygen atoms in total. The number of aryl methyl sites for hydroxylation is 1. The summed E-state index contributed by atoms with van der Waals surface area (Å²) in [6.45, 7) is 10.9. The molecular weight excluding hydrogens is 416 g/mol. The summed E-state index contributed by atoms with van der Waals surface area (Å²) < 4.78 is 6.44. The molecule has 0 bridgehead atoms. The van der Waals surface area contributed by atoms with Crippen LogP contribution in [0.25, 0.3) is 33.9 Å². The average molecular weight is 449 g/mol. The lowest BCUT2D eigenvalue weighted by Gasteiger charge is -2.21. The maximum Gasteiger partial charge on any atom is 0.227 e. The molecule has 1 atom stereocenters. The fourth-order valence-corrected chi connectivity index (χ4v) is 4.86. The number of allylic oxidation sites excluding steroid dienone is 2. The average Bonchev–Trinajstić information content (AvgIpc) is 3.25. The predicted molar refractivity (Wildman–Crippen MR) is 141 cm³/mol. The Morgan fingerprint density at radius 1 is 1.12 bits per heavy atom. The molecule has 1 aliphatic rings. The van der Waals surface area contributed by atoms with E-state index in [-0.39, 0.29) is 5.92 Å². The third-order valence-electron chi connectivity index (χ3n) is 7.10. The number of pyridine rings is 2. The van der Waals surface area contributed by atoms with Crippen LogP contribution in [0.4, 0.5) is 0 Å². The second kappa shape index (κ2) is 9.06. The normalized spacial score (nSPS) is 16.1. The zero-order valence-electron chi connectivity index (χ0n) is 20.7. The maximum atomic E-state index is 6.44. The first-order valence-electron chi connectivity index (χ1n) is 12.3. The molecule has 0 fully saturated rings.